The van der Waals surface area contributed by atoms with Gasteiger partial charge in [0, 0.05) is 16.6 Å². The molecule has 0 unspecified atom stereocenters. The molecule has 0 spiro atoms. The van der Waals surface area contributed by atoms with E-state index in [0.29, 0.717) is 17.2 Å². The van der Waals surface area contributed by atoms with E-state index >= 15 is 0 Å². The predicted octanol–water partition coefficient (Wildman–Crippen LogP) is 5.89. The number of aryl methyl sites for hydroxylation is 1. The van der Waals surface area contributed by atoms with Crippen molar-refractivity contribution >= 4 is 50.8 Å². The first-order valence-electron chi connectivity index (χ1n) is 11.7. The lowest BCUT2D eigenvalue weighted by Gasteiger charge is -2.28. The van der Waals surface area contributed by atoms with E-state index in [1.54, 1.807) is 11.3 Å². The Labute approximate surface area is 202 Å². The first kappa shape index (κ1) is 22.4. The zero-order valence-electron chi connectivity index (χ0n) is 19.0. The Morgan fingerprint density at radius 1 is 1.18 bits per heavy atom. The fraction of sp³-hybridized carbons (Fsp3) is 0.423. The zero-order valence-corrected chi connectivity index (χ0v) is 20.6. The van der Waals surface area contributed by atoms with Crippen LogP contribution in [0.4, 0.5) is 5.69 Å². The van der Waals surface area contributed by atoms with Crippen LogP contribution in [0.25, 0.3) is 10.2 Å². The van der Waals surface area contributed by atoms with Gasteiger partial charge in [0.25, 0.3) is 5.91 Å². The molecule has 5 rings (SSSR count). The van der Waals surface area contributed by atoms with Crippen LogP contribution in [0.5, 0.6) is 0 Å². The Bertz CT molecular complexity index is 1190. The highest BCUT2D eigenvalue weighted by molar-refractivity contribution is 8.00. The maximum atomic E-state index is 13.0. The van der Waals surface area contributed by atoms with Crippen molar-refractivity contribution in [2.75, 3.05) is 11.1 Å². The molecular formula is C26H29N3O2S2. The van der Waals surface area contributed by atoms with Gasteiger partial charge >= 0.3 is 0 Å². The van der Waals surface area contributed by atoms with Crippen LogP contribution in [0.15, 0.2) is 47.4 Å². The number of nitrogens with one attached hydrogen (secondary N) is 2. The lowest BCUT2D eigenvalue weighted by atomic mass is 9.84. The van der Waals surface area contributed by atoms with Crippen LogP contribution in [-0.4, -0.2) is 28.6 Å². The van der Waals surface area contributed by atoms with Crippen molar-refractivity contribution in [3.8, 4) is 0 Å². The lowest BCUT2D eigenvalue weighted by Crippen LogP contribution is -2.40. The molecule has 7 heteroatoms. The first-order valence-corrected chi connectivity index (χ1v) is 13.5. The van der Waals surface area contributed by atoms with E-state index in [9.17, 15) is 9.59 Å². The van der Waals surface area contributed by atoms with E-state index in [1.807, 2.05) is 49.4 Å². The van der Waals surface area contributed by atoms with Gasteiger partial charge in [0.2, 0.25) is 5.91 Å². The molecule has 2 bridgehead atoms. The van der Waals surface area contributed by atoms with Gasteiger partial charge in [-0.2, -0.15) is 0 Å². The number of thioether (sulfide) groups is 1. The lowest BCUT2D eigenvalue weighted by molar-refractivity contribution is -0.119. The number of benzene rings is 2. The molecule has 5 nitrogen and oxygen atoms in total. The molecule has 2 fully saturated rings. The summed E-state index contributed by atoms with van der Waals surface area (Å²) in [6, 6.07) is 13.4. The number of thiazole rings is 1. The quantitative estimate of drug-likeness (QED) is 0.415. The van der Waals surface area contributed by atoms with Crippen LogP contribution in [0, 0.1) is 24.7 Å². The Morgan fingerprint density at radius 3 is 2.82 bits per heavy atom. The highest BCUT2D eigenvalue weighted by Crippen LogP contribution is 2.49. The minimum atomic E-state index is -0.172. The topological polar surface area (TPSA) is 71.1 Å². The van der Waals surface area contributed by atoms with Crippen molar-refractivity contribution < 1.29 is 9.59 Å². The fourth-order valence-electron chi connectivity index (χ4n) is 5.55. The van der Waals surface area contributed by atoms with Gasteiger partial charge in [0.05, 0.1) is 26.5 Å². The van der Waals surface area contributed by atoms with Crippen LogP contribution in [-0.2, 0) is 4.79 Å². The SMILES string of the molecule is Cc1nc2ccc(NC(=O)c3ccccc3SCC(=O)N[C@H](C)[C@H]3C[C@H]4CC[C@H]3C4)cc2s1. The molecule has 2 amide bonds. The van der Waals surface area contributed by atoms with E-state index in [2.05, 4.69) is 22.5 Å². The molecule has 3 aromatic rings. The number of hydrogen-bond acceptors (Lipinski definition) is 5. The molecule has 0 saturated heterocycles. The number of nitrogens with zero attached hydrogens (tertiary/aromatic N) is 1. The Hall–Kier alpha value is -2.38. The molecule has 2 aliphatic rings. The molecule has 172 valence electrons. The average Bonchev–Trinajstić information content (AvgIpc) is 3.52. The van der Waals surface area contributed by atoms with Gasteiger partial charge in [-0.1, -0.05) is 18.6 Å². The third-order valence-corrected chi connectivity index (χ3v) is 9.07. The predicted molar refractivity (Wildman–Crippen MR) is 136 cm³/mol. The van der Waals surface area contributed by atoms with Crippen LogP contribution < -0.4 is 10.6 Å². The van der Waals surface area contributed by atoms with E-state index in [-0.39, 0.29) is 17.9 Å². The van der Waals surface area contributed by atoms with Crippen molar-refractivity contribution in [3.05, 3.63) is 53.0 Å². The van der Waals surface area contributed by atoms with Gasteiger partial charge in [-0.25, -0.2) is 4.98 Å². The maximum Gasteiger partial charge on any atom is 0.256 e. The van der Waals surface area contributed by atoms with Gasteiger partial charge in [0.1, 0.15) is 0 Å². The Morgan fingerprint density at radius 2 is 2.03 bits per heavy atom. The number of rotatable bonds is 7. The third kappa shape index (κ3) is 4.94. The highest BCUT2D eigenvalue weighted by Gasteiger charge is 2.42. The molecule has 1 heterocycles. The van der Waals surface area contributed by atoms with E-state index in [4.69, 9.17) is 0 Å². The number of anilines is 1. The summed E-state index contributed by atoms with van der Waals surface area (Å²) in [6.45, 7) is 4.13. The maximum absolute atomic E-state index is 13.0. The van der Waals surface area contributed by atoms with E-state index in [1.165, 1.54) is 37.4 Å². The Kier molecular flexibility index (Phi) is 6.43. The van der Waals surface area contributed by atoms with Crippen molar-refractivity contribution in [1.82, 2.24) is 10.3 Å². The molecule has 2 saturated carbocycles. The Balaban J connectivity index is 1.20. The zero-order chi connectivity index (χ0) is 22.9. The molecule has 2 aliphatic carbocycles. The fourth-order valence-corrected chi connectivity index (χ4v) is 7.28. The molecule has 33 heavy (non-hydrogen) atoms. The molecule has 2 aromatic carbocycles. The second-order valence-corrected chi connectivity index (χ2v) is 11.6. The van der Waals surface area contributed by atoms with Gasteiger partial charge in [-0.05, 0) is 81.2 Å². The summed E-state index contributed by atoms with van der Waals surface area (Å²) in [5.41, 5.74) is 2.27. The standard InChI is InChI=1S/C26H29N3O2S2/c1-15(21-12-17-7-8-18(21)11-17)27-25(30)14-32-23-6-4-3-5-20(23)26(31)29-19-9-10-22-24(13-19)33-16(2)28-22/h3-6,9-10,13,15,17-18,21H,7-8,11-12,14H2,1-2H3,(H,27,30)(H,29,31)/t15-,17+,18+,21-/m1/s1. The van der Waals surface area contributed by atoms with Crippen molar-refractivity contribution in [1.29, 1.82) is 0 Å². The normalized spacial score (nSPS) is 22.4. The monoisotopic (exact) mass is 479 g/mol. The van der Waals surface area contributed by atoms with Gasteiger partial charge in [-0.3, -0.25) is 9.59 Å². The number of fused-ring (bicyclic) bond motifs is 3. The van der Waals surface area contributed by atoms with Crippen molar-refractivity contribution in [3.63, 3.8) is 0 Å². The third-order valence-electron chi connectivity index (χ3n) is 7.07. The molecule has 1 aromatic heterocycles. The molecule has 4 atom stereocenters. The molecule has 0 radical (unpaired) electrons. The number of carbonyl (C=O) groups is 2. The van der Waals surface area contributed by atoms with E-state index in [0.717, 1.165) is 37.6 Å². The van der Waals surface area contributed by atoms with Crippen molar-refractivity contribution in [2.45, 2.75) is 50.5 Å². The summed E-state index contributed by atoms with van der Waals surface area (Å²) in [6.07, 6.45) is 5.30. The van der Waals surface area contributed by atoms with Crippen LogP contribution in [0.3, 0.4) is 0 Å². The van der Waals surface area contributed by atoms with Crippen LogP contribution in [0.1, 0.15) is 48.0 Å². The summed E-state index contributed by atoms with van der Waals surface area (Å²) >= 11 is 3.03. The molecular weight excluding hydrogens is 450 g/mol. The summed E-state index contributed by atoms with van der Waals surface area (Å²) in [7, 11) is 0. The van der Waals surface area contributed by atoms with E-state index < -0.39 is 0 Å². The summed E-state index contributed by atoms with van der Waals surface area (Å²) < 4.78 is 1.05. The van der Waals surface area contributed by atoms with Crippen LogP contribution in [0.2, 0.25) is 0 Å². The number of carbonyl (C=O) groups excluding carboxylic acids is 2. The minimum Gasteiger partial charge on any atom is -0.353 e. The van der Waals surface area contributed by atoms with Crippen molar-refractivity contribution in [2.24, 2.45) is 17.8 Å². The highest BCUT2D eigenvalue weighted by atomic mass is 32.2. The second-order valence-electron chi connectivity index (χ2n) is 9.35. The minimum absolute atomic E-state index is 0.0384. The summed E-state index contributed by atoms with van der Waals surface area (Å²) in [5.74, 6) is 2.46. The summed E-state index contributed by atoms with van der Waals surface area (Å²) in [5, 5.41) is 7.22. The molecule has 2 N–H and O–H groups in total. The van der Waals surface area contributed by atoms with Crippen LogP contribution >= 0.6 is 23.1 Å². The average molecular weight is 480 g/mol. The largest absolute Gasteiger partial charge is 0.353 e. The molecule has 0 aliphatic heterocycles. The number of hydrogen-bond donors (Lipinski definition) is 2. The van der Waals surface area contributed by atoms with Gasteiger partial charge in [0.15, 0.2) is 0 Å². The number of aromatic nitrogens is 1. The first-order chi connectivity index (χ1) is 16.0. The second kappa shape index (κ2) is 9.47. The summed E-state index contributed by atoms with van der Waals surface area (Å²) in [4.78, 5) is 30.9. The van der Waals surface area contributed by atoms with Gasteiger partial charge in [-0.15, -0.1) is 23.1 Å². The van der Waals surface area contributed by atoms with Gasteiger partial charge < -0.3 is 10.6 Å². The number of amides is 2. The smallest absolute Gasteiger partial charge is 0.256 e.